The van der Waals surface area contributed by atoms with Crippen molar-refractivity contribution < 1.29 is 9.59 Å². The minimum absolute atomic E-state index is 0.295. The Hall–Kier alpha value is -1.95. The van der Waals surface area contributed by atoms with Gasteiger partial charge in [0.05, 0.1) is 6.17 Å². The predicted octanol–water partition coefficient (Wildman–Crippen LogP) is 1.16. The number of nitrogens with zero attached hydrogens (tertiary/aromatic N) is 2. The Kier molecular flexibility index (Phi) is 4.57. The number of carbonyl (C=O) groups is 2. The van der Waals surface area contributed by atoms with Gasteiger partial charge in [0.1, 0.15) is 5.41 Å². The lowest BCUT2D eigenvalue weighted by molar-refractivity contribution is -0.142. The number of amides is 2. The van der Waals surface area contributed by atoms with Crippen molar-refractivity contribution >= 4 is 17.5 Å². The van der Waals surface area contributed by atoms with Crippen molar-refractivity contribution in [2.45, 2.75) is 45.2 Å². The number of anilines is 1. The number of primary amides is 1. The third kappa shape index (κ3) is 2.90. The van der Waals surface area contributed by atoms with Crippen LogP contribution in [0, 0.1) is 5.41 Å². The highest BCUT2D eigenvalue weighted by Crippen LogP contribution is 2.39. The van der Waals surface area contributed by atoms with Crippen LogP contribution in [0.2, 0.25) is 0 Å². The Bertz CT molecular complexity index is 510. The van der Waals surface area contributed by atoms with Gasteiger partial charge in [0.2, 0.25) is 11.8 Å². The Morgan fingerprint density at radius 2 is 1.81 bits per heavy atom. The van der Waals surface area contributed by atoms with E-state index in [0.717, 1.165) is 19.3 Å². The molecular formula is C15H22N4O2. The first-order valence-corrected chi connectivity index (χ1v) is 7.28. The molecule has 1 heterocycles. The molecule has 6 heteroatoms. The maximum absolute atomic E-state index is 13.0. The fourth-order valence-corrected chi connectivity index (χ4v) is 2.99. The molecule has 2 amide bonds. The summed E-state index contributed by atoms with van der Waals surface area (Å²) in [4.78, 5) is 30.4. The molecule has 0 radical (unpaired) electrons. The fraction of sp³-hybridized carbons (Fsp3) is 0.533. The second-order valence-corrected chi connectivity index (χ2v) is 5.63. The predicted molar refractivity (Wildman–Crippen MR) is 80.1 cm³/mol. The van der Waals surface area contributed by atoms with E-state index in [-0.39, 0.29) is 5.91 Å². The van der Waals surface area contributed by atoms with Crippen molar-refractivity contribution in [3.8, 4) is 0 Å². The summed E-state index contributed by atoms with van der Waals surface area (Å²) in [5.74, 6) is -0.845. The molecule has 1 aromatic rings. The van der Waals surface area contributed by atoms with E-state index in [1.165, 1.54) is 4.90 Å². The molecule has 0 saturated heterocycles. The quantitative estimate of drug-likeness (QED) is 0.641. The second-order valence-electron chi connectivity index (χ2n) is 5.63. The molecule has 1 saturated carbocycles. The molecule has 0 spiro atoms. The van der Waals surface area contributed by atoms with Crippen molar-refractivity contribution in [1.29, 1.82) is 0 Å². The van der Waals surface area contributed by atoms with Crippen LogP contribution < -0.4 is 16.4 Å². The highest BCUT2D eigenvalue weighted by molar-refractivity contribution is 6.11. The topological polar surface area (TPSA) is 102 Å². The highest BCUT2D eigenvalue weighted by atomic mass is 16.2. The summed E-state index contributed by atoms with van der Waals surface area (Å²) in [6.45, 7) is 1.72. The van der Waals surface area contributed by atoms with Crippen LogP contribution in [-0.2, 0) is 9.59 Å². The minimum atomic E-state index is -1.13. The van der Waals surface area contributed by atoms with Crippen molar-refractivity contribution in [2.75, 3.05) is 4.90 Å². The van der Waals surface area contributed by atoms with Crippen LogP contribution in [-0.4, -0.2) is 23.0 Å². The van der Waals surface area contributed by atoms with Gasteiger partial charge in [0, 0.05) is 18.1 Å². The molecule has 1 unspecified atom stereocenters. The summed E-state index contributed by atoms with van der Waals surface area (Å²) in [5, 5.41) is 0. The van der Waals surface area contributed by atoms with Gasteiger partial charge in [-0.25, -0.2) is 0 Å². The van der Waals surface area contributed by atoms with Gasteiger partial charge in [-0.15, -0.1) is 0 Å². The first kappa shape index (κ1) is 15.4. The standard InChI is InChI=1S/C15H22N4O2/c1-11(16)19(12-5-9-18-10-6-12)14(21)15(13(17)20)7-3-2-4-8-15/h5-6,9-11H,2-4,7-8,16H2,1H3,(H2,17,20). The van der Waals surface area contributed by atoms with Crippen molar-refractivity contribution in [3.05, 3.63) is 24.5 Å². The van der Waals surface area contributed by atoms with Gasteiger partial charge in [-0.1, -0.05) is 19.3 Å². The molecule has 6 nitrogen and oxygen atoms in total. The van der Waals surface area contributed by atoms with E-state index >= 15 is 0 Å². The summed E-state index contributed by atoms with van der Waals surface area (Å²) in [7, 11) is 0. The number of rotatable bonds is 4. The summed E-state index contributed by atoms with van der Waals surface area (Å²) in [6, 6.07) is 3.41. The van der Waals surface area contributed by atoms with E-state index in [0.29, 0.717) is 18.5 Å². The average Bonchev–Trinajstić information content (AvgIpc) is 2.48. The maximum atomic E-state index is 13.0. The van der Waals surface area contributed by atoms with Gasteiger partial charge in [-0.3, -0.25) is 19.5 Å². The minimum Gasteiger partial charge on any atom is -0.369 e. The fourth-order valence-electron chi connectivity index (χ4n) is 2.99. The zero-order valence-corrected chi connectivity index (χ0v) is 12.3. The lowest BCUT2D eigenvalue weighted by Crippen LogP contribution is -2.56. The van der Waals surface area contributed by atoms with Crippen LogP contribution in [0.5, 0.6) is 0 Å². The number of hydrogen-bond acceptors (Lipinski definition) is 4. The van der Waals surface area contributed by atoms with Crippen molar-refractivity contribution in [3.63, 3.8) is 0 Å². The molecule has 0 aliphatic heterocycles. The number of carbonyl (C=O) groups excluding carboxylic acids is 2. The molecule has 1 aromatic heterocycles. The number of hydrogen-bond donors (Lipinski definition) is 2. The Balaban J connectivity index is 2.39. The van der Waals surface area contributed by atoms with Crippen LogP contribution in [0.1, 0.15) is 39.0 Å². The molecule has 1 fully saturated rings. The summed E-state index contributed by atoms with van der Waals surface area (Å²) < 4.78 is 0. The van der Waals surface area contributed by atoms with Crippen molar-refractivity contribution in [1.82, 2.24) is 4.98 Å². The Labute approximate surface area is 124 Å². The molecule has 2 rings (SSSR count). The van der Waals surface area contributed by atoms with Gasteiger partial charge in [-0.05, 0) is 31.9 Å². The number of nitrogens with two attached hydrogens (primary N) is 2. The van der Waals surface area contributed by atoms with Gasteiger partial charge >= 0.3 is 0 Å². The van der Waals surface area contributed by atoms with Crippen LogP contribution in [0.15, 0.2) is 24.5 Å². The lowest BCUT2D eigenvalue weighted by Gasteiger charge is -2.38. The largest absolute Gasteiger partial charge is 0.369 e. The molecule has 114 valence electrons. The van der Waals surface area contributed by atoms with Crippen LogP contribution in [0.3, 0.4) is 0 Å². The summed E-state index contributed by atoms with van der Waals surface area (Å²) >= 11 is 0. The average molecular weight is 290 g/mol. The lowest BCUT2D eigenvalue weighted by atomic mass is 9.72. The molecule has 1 aliphatic rings. The molecule has 0 aromatic carbocycles. The van der Waals surface area contributed by atoms with Gasteiger partial charge in [0.25, 0.3) is 0 Å². The van der Waals surface area contributed by atoms with E-state index in [1.54, 1.807) is 31.5 Å². The van der Waals surface area contributed by atoms with E-state index in [4.69, 9.17) is 11.5 Å². The third-order valence-corrected chi connectivity index (χ3v) is 4.16. The van der Waals surface area contributed by atoms with E-state index in [1.807, 2.05) is 0 Å². The maximum Gasteiger partial charge on any atom is 0.243 e. The Morgan fingerprint density at radius 3 is 2.29 bits per heavy atom. The highest BCUT2D eigenvalue weighted by Gasteiger charge is 2.48. The van der Waals surface area contributed by atoms with Crippen LogP contribution in [0.4, 0.5) is 5.69 Å². The molecule has 21 heavy (non-hydrogen) atoms. The SMILES string of the molecule is CC(N)N(C(=O)C1(C(N)=O)CCCCC1)c1ccncc1. The second kappa shape index (κ2) is 6.22. The zero-order chi connectivity index (χ0) is 15.5. The van der Waals surface area contributed by atoms with E-state index < -0.39 is 17.5 Å². The number of pyridine rings is 1. The van der Waals surface area contributed by atoms with Gasteiger partial charge < -0.3 is 11.5 Å². The first-order chi connectivity index (χ1) is 9.99. The molecule has 1 aliphatic carbocycles. The molecule has 0 bridgehead atoms. The van der Waals surface area contributed by atoms with Crippen LogP contribution >= 0.6 is 0 Å². The first-order valence-electron chi connectivity index (χ1n) is 7.28. The van der Waals surface area contributed by atoms with Gasteiger partial charge in [0.15, 0.2) is 0 Å². The summed E-state index contributed by atoms with van der Waals surface area (Å²) in [6.07, 6.45) is 6.32. The van der Waals surface area contributed by atoms with E-state index in [2.05, 4.69) is 4.98 Å². The monoisotopic (exact) mass is 290 g/mol. The normalized spacial score (nSPS) is 18.8. The molecule has 1 atom stereocenters. The molecular weight excluding hydrogens is 268 g/mol. The zero-order valence-electron chi connectivity index (χ0n) is 12.3. The van der Waals surface area contributed by atoms with Crippen LogP contribution in [0.25, 0.3) is 0 Å². The van der Waals surface area contributed by atoms with Crippen molar-refractivity contribution in [2.24, 2.45) is 16.9 Å². The van der Waals surface area contributed by atoms with Gasteiger partial charge in [-0.2, -0.15) is 0 Å². The summed E-state index contributed by atoms with van der Waals surface area (Å²) in [5.41, 5.74) is 11.1. The number of aromatic nitrogens is 1. The Morgan fingerprint density at radius 1 is 1.24 bits per heavy atom. The smallest absolute Gasteiger partial charge is 0.243 e. The third-order valence-electron chi connectivity index (χ3n) is 4.16. The molecule has 4 N–H and O–H groups in total. The van der Waals surface area contributed by atoms with E-state index in [9.17, 15) is 9.59 Å².